The van der Waals surface area contributed by atoms with E-state index in [-0.39, 0.29) is 31.3 Å². The van der Waals surface area contributed by atoms with Crippen LogP contribution in [0.1, 0.15) is 73.8 Å². The summed E-state index contributed by atoms with van der Waals surface area (Å²) in [6.07, 6.45) is -0.0607. The minimum atomic E-state index is -1.08. The summed E-state index contributed by atoms with van der Waals surface area (Å²) in [7, 11) is 0. The average molecular weight is 511 g/mol. The van der Waals surface area contributed by atoms with E-state index in [0.717, 1.165) is 5.56 Å². The molecule has 2 atom stereocenters. The van der Waals surface area contributed by atoms with Gasteiger partial charge in [0.1, 0.15) is 17.7 Å². The maximum absolute atomic E-state index is 13.2. The van der Waals surface area contributed by atoms with Crippen molar-refractivity contribution in [2.24, 2.45) is 5.92 Å². The van der Waals surface area contributed by atoms with Crippen LogP contribution in [0.25, 0.3) is 0 Å². The smallest absolute Gasteiger partial charge is 0.329 e. The molecule has 1 rings (SSSR count). The number of esters is 2. The number of carbonyl (C=O) groups excluding carboxylic acids is 4. The van der Waals surface area contributed by atoms with Gasteiger partial charge in [-0.05, 0) is 71.6 Å². The Labute approximate surface area is 213 Å². The van der Waals surface area contributed by atoms with E-state index in [1.165, 1.54) is 0 Å². The molecule has 1 aromatic rings. The van der Waals surface area contributed by atoms with Crippen LogP contribution in [-0.4, -0.2) is 48.0 Å². The lowest BCUT2D eigenvalue weighted by Gasteiger charge is -2.30. The highest BCUT2D eigenvalue weighted by molar-refractivity contribution is 6.30. The highest BCUT2D eigenvalue weighted by atomic mass is 35.5. The third-order valence-electron chi connectivity index (χ3n) is 5.32. The summed E-state index contributed by atoms with van der Waals surface area (Å²) in [6, 6.07) is 4.94. The quantitative estimate of drug-likeness (QED) is 0.436. The zero-order valence-electron chi connectivity index (χ0n) is 22.0. The normalized spacial score (nSPS) is 13.5. The molecule has 8 nitrogen and oxygen atoms in total. The zero-order chi connectivity index (χ0) is 27.0. The highest BCUT2D eigenvalue weighted by Crippen LogP contribution is 2.25. The van der Waals surface area contributed by atoms with Crippen molar-refractivity contribution >= 4 is 35.4 Å². The topological polar surface area (TPSA) is 111 Å². The Morgan fingerprint density at radius 3 is 2.03 bits per heavy atom. The van der Waals surface area contributed by atoms with Crippen molar-refractivity contribution < 1.29 is 28.7 Å². The Bertz CT molecular complexity index is 890. The Morgan fingerprint density at radius 1 is 0.971 bits per heavy atom. The van der Waals surface area contributed by atoms with Crippen LogP contribution >= 0.6 is 11.6 Å². The summed E-state index contributed by atoms with van der Waals surface area (Å²) in [5.74, 6) is -2.31. The van der Waals surface area contributed by atoms with Gasteiger partial charge in [-0.1, -0.05) is 37.6 Å². The number of halogens is 1. The zero-order valence-corrected chi connectivity index (χ0v) is 22.7. The molecular formula is C26H39ClN2O6. The van der Waals surface area contributed by atoms with Gasteiger partial charge in [0, 0.05) is 11.4 Å². The number of rotatable bonds is 11. The second-order valence-electron chi connectivity index (χ2n) is 10.3. The molecule has 0 aromatic heterocycles. The van der Waals surface area contributed by atoms with Gasteiger partial charge in [-0.2, -0.15) is 0 Å². The van der Waals surface area contributed by atoms with Gasteiger partial charge >= 0.3 is 11.9 Å². The first kappa shape index (κ1) is 30.4. The van der Waals surface area contributed by atoms with E-state index in [4.69, 9.17) is 21.1 Å². The van der Waals surface area contributed by atoms with Crippen LogP contribution in [0.3, 0.4) is 0 Å². The van der Waals surface area contributed by atoms with E-state index in [2.05, 4.69) is 10.6 Å². The molecule has 196 valence electrons. The maximum Gasteiger partial charge on any atom is 0.329 e. The molecule has 0 radical (unpaired) electrons. The Morgan fingerprint density at radius 2 is 1.54 bits per heavy atom. The standard InChI is InChI=1S/C26H39ClN2O6/c1-9-34-20(30)15-14-19(23(32)35-25(4,5)6)28-22(31)21(16(2)3)29-24(33)26(7,8)17-10-12-18(27)13-11-17/h10-13,16,19,21H,9,14-15H2,1-8H3,(H,28,31)(H,29,33)/t19-,21+/m1/s1. The molecule has 0 aliphatic heterocycles. The number of benzene rings is 1. The summed E-state index contributed by atoms with van der Waals surface area (Å²) in [4.78, 5) is 51.0. The SMILES string of the molecule is CCOC(=O)CC[C@@H](NC(=O)[C@@H](NC(=O)C(C)(C)c1ccc(Cl)cc1)C(C)C)C(=O)OC(C)(C)C. The third kappa shape index (κ3) is 9.88. The molecule has 0 aliphatic rings. The molecule has 0 aliphatic carbocycles. The molecule has 9 heteroatoms. The van der Waals surface area contributed by atoms with Crippen molar-refractivity contribution in [2.45, 2.75) is 91.3 Å². The molecule has 0 fully saturated rings. The molecular weight excluding hydrogens is 472 g/mol. The van der Waals surface area contributed by atoms with Crippen LogP contribution in [0.5, 0.6) is 0 Å². The fourth-order valence-corrected chi connectivity index (χ4v) is 3.36. The van der Waals surface area contributed by atoms with E-state index in [9.17, 15) is 19.2 Å². The molecule has 0 spiro atoms. The minimum Gasteiger partial charge on any atom is -0.466 e. The summed E-state index contributed by atoms with van der Waals surface area (Å²) in [5, 5.41) is 6.04. The van der Waals surface area contributed by atoms with E-state index < -0.39 is 40.9 Å². The maximum atomic E-state index is 13.2. The monoisotopic (exact) mass is 510 g/mol. The lowest BCUT2D eigenvalue weighted by atomic mass is 9.83. The molecule has 2 amide bonds. The number of hydrogen-bond donors (Lipinski definition) is 2. The molecule has 35 heavy (non-hydrogen) atoms. The number of hydrogen-bond acceptors (Lipinski definition) is 6. The predicted molar refractivity (Wildman–Crippen MR) is 135 cm³/mol. The molecule has 0 saturated carbocycles. The van der Waals surface area contributed by atoms with E-state index in [1.54, 1.807) is 79.7 Å². The Hall–Kier alpha value is -2.61. The van der Waals surface area contributed by atoms with Gasteiger partial charge in [0.05, 0.1) is 12.0 Å². The van der Waals surface area contributed by atoms with E-state index in [0.29, 0.717) is 5.02 Å². The van der Waals surface area contributed by atoms with Gasteiger partial charge in [-0.25, -0.2) is 4.79 Å². The average Bonchev–Trinajstić information content (AvgIpc) is 2.73. The largest absolute Gasteiger partial charge is 0.466 e. The predicted octanol–water partition coefficient (Wildman–Crippen LogP) is 3.93. The molecule has 0 bridgehead atoms. The van der Waals surface area contributed by atoms with Crippen molar-refractivity contribution in [3.05, 3.63) is 34.9 Å². The van der Waals surface area contributed by atoms with Crippen molar-refractivity contribution in [3.8, 4) is 0 Å². The van der Waals surface area contributed by atoms with Crippen LogP contribution in [0.2, 0.25) is 5.02 Å². The van der Waals surface area contributed by atoms with Gasteiger partial charge in [0.2, 0.25) is 11.8 Å². The van der Waals surface area contributed by atoms with Gasteiger partial charge in [0.15, 0.2) is 0 Å². The third-order valence-corrected chi connectivity index (χ3v) is 5.57. The summed E-state index contributed by atoms with van der Waals surface area (Å²) in [5.41, 5.74) is -0.978. The van der Waals surface area contributed by atoms with Crippen molar-refractivity contribution in [1.82, 2.24) is 10.6 Å². The minimum absolute atomic E-state index is 0.00845. The second-order valence-corrected chi connectivity index (χ2v) is 10.7. The fourth-order valence-electron chi connectivity index (χ4n) is 3.23. The van der Waals surface area contributed by atoms with Crippen LogP contribution in [0.4, 0.5) is 0 Å². The Balaban J connectivity index is 3.04. The van der Waals surface area contributed by atoms with Crippen molar-refractivity contribution in [1.29, 1.82) is 0 Å². The van der Waals surface area contributed by atoms with E-state index >= 15 is 0 Å². The highest BCUT2D eigenvalue weighted by Gasteiger charge is 2.36. The van der Waals surface area contributed by atoms with Gasteiger partial charge < -0.3 is 20.1 Å². The lowest BCUT2D eigenvalue weighted by Crippen LogP contribution is -2.56. The second kappa shape index (κ2) is 12.9. The van der Waals surface area contributed by atoms with Crippen molar-refractivity contribution in [2.75, 3.05) is 6.61 Å². The van der Waals surface area contributed by atoms with Gasteiger partial charge in [-0.15, -0.1) is 0 Å². The first-order valence-corrected chi connectivity index (χ1v) is 12.2. The fraction of sp³-hybridized carbons (Fsp3) is 0.615. The summed E-state index contributed by atoms with van der Waals surface area (Å²) in [6.45, 7) is 14.1. The lowest BCUT2D eigenvalue weighted by molar-refractivity contribution is -0.159. The number of nitrogens with one attached hydrogen (secondary N) is 2. The molecule has 0 heterocycles. The first-order chi connectivity index (χ1) is 16.1. The van der Waals surface area contributed by atoms with Crippen LogP contribution in [-0.2, 0) is 34.1 Å². The first-order valence-electron chi connectivity index (χ1n) is 11.8. The van der Waals surface area contributed by atoms with Crippen LogP contribution < -0.4 is 10.6 Å². The van der Waals surface area contributed by atoms with Gasteiger partial charge in [-0.3, -0.25) is 14.4 Å². The molecule has 0 unspecified atom stereocenters. The molecule has 0 saturated heterocycles. The molecule has 1 aromatic carbocycles. The molecule has 2 N–H and O–H groups in total. The summed E-state index contributed by atoms with van der Waals surface area (Å²) >= 11 is 5.97. The number of ether oxygens (including phenoxy) is 2. The summed E-state index contributed by atoms with van der Waals surface area (Å²) < 4.78 is 10.4. The van der Waals surface area contributed by atoms with Crippen LogP contribution in [0.15, 0.2) is 24.3 Å². The van der Waals surface area contributed by atoms with Crippen LogP contribution in [0, 0.1) is 5.92 Å². The van der Waals surface area contributed by atoms with Gasteiger partial charge in [0.25, 0.3) is 0 Å². The number of carbonyl (C=O) groups is 4. The Kier molecular flexibility index (Phi) is 11.2. The number of amides is 2. The van der Waals surface area contributed by atoms with E-state index in [1.807, 2.05) is 0 Å². The van der Waals surface area contributed by atoms with Crippen molar-refractivity contribution in [3.63, 3.8) is 0 Å².